The molecule has 0 unspecified atom stereocenters. The Bertz CT molecular complexity index is 778. The Morgan fingerprint density at radius 2 is 1.90 bits per heavy atom. The lowest BCUT2D eigenvalue weighted by atomic mass is 10.2. The smallest absolute Gasteiger partial charge is 0.240 e. The van der Waals surface area contributed by atoms with Crippen LogP contribution in [0.15, 0.2) is 45.8 Å². The number of rotatable bonds is 4. The zero-order chi connectivity index (χ0) is 15.6. The van der Waals surface area contributed by atoms with Gasteiger partial charge in [-0.05, 0) is 52.3 Å². The zero-order valence-corrected chi connectivity index (χ0v) is 13.5. The van der Waals surface area contributed by atoms with E-state index in [2.05, 4.69) is 21.2 Å². The molecule has 112 valence electrons. The molecule has 0 aliphatic carbocycles. The number of ether oxygens (including phenoxy) is 1. The summed E-state index contributed by atoms with van der Waals surface area (Å²) in [5.41, 5.74) is 6.96. The summed E-state index contributed by atoms with van der Waals surface area (Å²) in [5.74, 6) is 0.671. The van der Waals surface area contributed by atoms with Gasteiger partial charge in [-0.1, -0.05) is 0 Å². The summed E-state index contributed by atoms with van der Waals surface area (Å²) >= 11 is 3.36. The lowest BCUT2D eigenvalue weighted by molar-refractivity contribution is 0.412. The van der Waals surface area contributed by atoms with Crippen LogP contribution < -0.4 is 20.9 Å². The Morgan fingerprint density at radius 3 is 2.48 bits per heavy atom. The molecule has 8 heteroatoms. The van der Waals surface area contributed by atoms with Gasteiger partial charge in [-0.15, -0.1) is 0 Å². The summed E-state index contributed by atoms with van der Waals surface area (Å²) < 4.78 is 29.1. The lowest BCUT2D eigenvalue weighted by Gasteiger charge is -2.12. The highest BCUT2D eigenvalue weighted by atomic mass is 79.9. The molecule has 0 aromatic heterocycles. The van der Waals surface area contributed by atoms with Crippen LogP contribution in [0.25, 0.3) is 0 Å². The average molecular weight is 372 g/mol. The molecule has 2 rings (SSSR count). The van der Waals surface area contributed by atoms with Crippen molar-refractivity contribution < 1.29 is 13.2 Å². The molecule has 0 spiro atoms. The molecule has 2 aromatic carbocycles. The molecular formula is C13H14BrN3O3S. The van der Waals surface area contributed by atoms with Crippen LogP contribution in [0, 0.1) is 0 Å². The molecule has 0 atom stereocenters. The molecule has 21 heavy (non-hydrogen) atoms. The van der Waals surface area contributed by atoms with Gasteiger partial charge in [0.2, 0.25) is 10.0 Å². The lowest BCUT2D eigenvalue weighted by Crippen LogP contribution is -2.14. The molecule has 0 aliphatic rings. The van der Waals surface area contributed by atoms with Crippen molar-refractivity contribution in [1.29, 1.82) is 0 Å². The molecule has 0 radical (unpaired) electrons. The summed E-state index contributed by atoms with van der Waals surface area (Å²) in [6, 6.07) is 9.74. The van der Waals surface area contributed by atoms with Gasteiger partial charge in [0.15, 0.2) is 0 Å². The highest BCUT2D eigenvalue weighted by Crippen LogP contribution is 2.31. The number of benzene rings is 2. The fourth-order valence-electron chi connectivity index (χ4n) is 1.78. The van der Waals surface area contributed by atoms with E-state index in [1.807, 2.05) is 0 Å². The number of nitrogens with two attached hydrogens (primary N) is 2. The molecule has 0 amide bonds. The number of primary sulfonamides is 1. The van der Waals surface area contributed by atoms with Crippen LogP contribution in [-0.4, -0.2) is 15.5 Å². The largest absolute Gasteiger partial charge is 0.496 e. The van der Waals surface area contributed by atoms with Gasteiger partial charge in [0.25, 0.3) is 0 Å². The molecule has 0 saturated carbocycles. The Morgan fingerprint density at radius 1 is 1.19 bits per heavy atom. The molecule has 0 aliphatic heterocycles. The third-order valence-corrected chi connectivity index (χ3v) is 4.31. The highest BCUT2D eigenvalue weighted by molar-refractivity contribution is 9.10. The number of sulfonamides is 1. The van der Waals surface area contributed by atoms with Crippen molar-refractivity contribution in [3.63, 3.8) is 0 Å². The van der Waals surface area contributed by atoms with Crippen molar-refractivity contribution in [2.24, 2.45) is 5.14 Å². The van der Waals surface area contributed by atoms with Gasteiger partial charge in [0.1, 0.15) is 10.6 Å². The van der Waals surface area contributed by atoms with Crippen LogP contribution in [0.3, 0.4) is 0 Å². The van der Waals surface area contributed by atoms with Crippen LogP contribution in [0.4, 0.5) is 17.1 Å². The minimum absolute atomic E-state index is 0.0607. The second kappa shape index (κ2) is 5.92. The van der Waals surface area contributed by atoms with E-state index in [1.165, 1.54) is 6.07 Å². The van der Waals surface area contributed by atoms with Gasteiger partial charge >= 0.3 is 0 Å². The van der Waals surface area contributed by atoms with Crippen molar-refractivity contribution in [2.75, 3.05) is 18.2 Å². The van der Waals surface area contributed by atoms with Crippen molar-refractivity contribution in [2.45, 2.75) is 4.90 Å². The topological polar surface area (TPSA) is 107 Å². The number of methoxy groups -OCH3 is 1. The molecule has 6 nitrogen and oxygen atoms in total. The predicted molar refractivity (Wildman–Crippen MR) is 86.2 cm³/mol. The quantitative estimate of drug-likeness (QED) is 0.715. The summed E-state index contributed by atoms with van der Waals surface area (Å²) in [7, 11) is -2.32. The van der Waals surface area contributed by atoms with E-state index in [9.17, 15) is 8.42 Å². The van der Waals surface area contributed by atoms with Crippen molar-refractivity contribution in [3.8, 4) is 5.75 Å². The summed E-state index contributed by atoms with van der Waals surface area (Å²) in [6.45, 7) is 0. The fraction of sp³-hybridized carbons (Fsp3) is 0.0769. The molecule has 0 fully saturated rings. The standard InChI is InChI=1S/C13H14BrN3O3S/c1-20-12-5-3-9(7-10(12)14)17-11-4-2-8(15)6-13(11)21(16,18)19/h2-7,17H,15H2,1H3,(H2,16,18,19). The van der Waals surface area contributed by atoms with Gasteiger partial charge in [-0.3, -0.25) is 0 Å². The highest BCUT2D eigenvalue weighted by Gasteiger charge is 2.15. The van der Waals surface area contributed by atoms with E-state index in [4.69, 9.17) is 15.6 Å². The number of hydrogen-bond acceptors (Lipinski definition) is 5. The van der Waals surface area contributed by atoms with Crippen molar-refractivity contribution in [3.05, 3.63) is 40.9 Å². The van der Waals surface area contributed by atoms with Crippen molar-refractivity contribution >= 4 is 43.0 Å². The minimum Gasteiger partial charge on any atom is -0.496 e. The van der Waals surface area contributed by atoms with Gasteiger partial charge in [0.05, 0.1) is 17.3 Å². The van der Waals surface area contributed by atoms with Gasteiger partial charge in [0, 0.05) is 11.4 Å². The number of anilines is 3. The van der Waals surface area contributed by atoms with Crippen LogP contribution in [0.2, 0.25) is 0 Å². The van der Waals surface area contributed by atoms with E-state index in [-0.39, 0.29) is 4.90 Å². The first-order valence-corrected chi connectivity index (χ1v) is 8.18. The Balaban J connectivity index is 2.42. The first-order chi connectivity index (χ1) is 9.81. The second-order valence-corrected chi connectivity index (χ2v) is 6.66. The maximum atomic E-state index is 11.6. The van der Waals surface area contributed by atoms with Gasteiger partial charge in [-0.2, -0.15) is 0 Å². The molecular weight excluding hydrogens is 358 g/mol. The third-order valence-electron chi connectivity index (χ3n) is 2.74. The minimum atomic E-state index is -3.88. The normalized spacial score (nSPS) is 11.2. The summed E-state index contributed by atoms with van der Waals surface area (Å²) in [4.78, 5) is -0.0607. The maximum absolute atomic E-state index is 11.6. The Hall–Kier alpha value is -1.77. The van der Waals surface area contributed by atoms with E-state index >= 15 is 0 Å². The predicted octanol–water partition coefficient (Wildman–Crippen LogP) is 2.43. The first kappa shape index (κ1) is 15.6. The third kappa shape index (κ3) is 3.66. The first-order valence-electron chi connectivity index (χ1n) is 5.84. The zero-order valence-electron chi connectivity index (χ0n) is 11.1. The van der Waals surface area contributed by atoms with Crippen LogP contribution in [-0.2, 0) is 10.0 Å². The monoisotopic (exact) mass is 371 g/mol. The van der Waals surface area contributed by atoms with Gasteiger partial charge < -0.3 is 15.8 Å². The van der Waals surface area contributed by atoms with Crippen LogP contribution in [0.1, 0.15) is 0 Å². The fourth-order valence-corrected chi connectivity index (χ4v) is 3.04. The molecule has 0 saturated heterocycles. The van der Waals surface area contributed by atoms with E-state index in [0.717, 1.165) is 4.47 Å². The Kier molecular flexibility index (Phi) is 4.40. The van der Waals surface area contributed by atoms with E-state index in [0.29, 0.717) is 22.8 Å². The Labute approximate surface area is 131 Å². The van der Waals surface area contributed by atoms with Crippen LogP contribution >= 0.6 is 15.9 Å². The number of nitrogen functional groups attached to an aromatic ring is 1. The van der Waals surface area contributed by atoms with E-state index < -0.39 is 10.0 Å². The van der Waals surface area contributed by atoms with Gasteiger partial charge in [-0.25, -0.2) is 13.6 Å². The van der Waals surface area contributed by atoms with E-state index in [1.54, 1.807) is 37.4 Å². The SMILES string of the molecule is COc1ccc(Nc2ccc(N)cc2S(N)(=O)=O)cc1Br. The number of halogens is 1. The summed E-state index contributed by atoms with van der Waals surface area (Å²) in [6.07, 6.45) is 0. The number of hydrogen-bond donors (Lipinski definition) is 3. The molecule has 0 bridgehead atoms. The molecule has 5 N–H and O–H groups in total. The molecule has 2 aromatic rings. The van der Waals surface area contributed by atoms with Crippen LogP contribution in [0.5, 0.6) is 5.75 Å². The maximum Gasteiger partial charge on any atom is 0.240 e. The van der Waals surface area contributed by atoms with Crippen molar-refractivity contribution in [1.82, 2.24) is 0 Å². The molecule has 0 heterocycles. The average Bonchev–Trinajstić information content (AvgIpc) is 2.40. The number of nitrogens with one attached hydrogen (secondary N) is 1. The summed E-state index contributed by atoms with van der Waals surface area (Å²) in [5, 5.41) is 8.20. The second-order valence-electron chi connectivity index (χ2n) is 4.27.